The summed E-state index contributed by atoms with van der Waals surface area (Å²) in [6, 6.07) is 13.6. The molecule has 1 saturated heterocycles. The number of nitrogens with zero attached hydrogens (tertiary/aromatic N) is 2. The minimum Gasteiger partial charge on any atom is -0.493 e. The molecule has 2 heterocycles. The summed E-state index contributed by atoms with van der Waals surface area (Å²) >= 11 is 0. The van der Waals surface area contributed by atoms with Gasteiger partial charge in [0.1, 0.15) is 5.82 Å². The Morgan fingerprint density at radius 1 is 1.03 bits per heavy atom. The summed E-state index contributed by atoms with van der Waals surface area (Å²) in [5.74, 6) is 0.658. The highest BCUT2D eigenvalue weighted by molar-refractivity contribution is 5.97. The molecule has 2 amide bonds. The van der Waals surface area contributed by atoms with Crippen LogP contribution in [0.2, 0.25) is 0 Å². The van der Waals surface area contributed by atoms with Crippen molar-refractivity contribution in [2.45, 2.75) is 12.3 Å². The Kier molecular flexibility index (Phi) is 4.88. The number of amides is 2. The summed E-state index contributed by atoms with van der Waals surface area (Å²) in [5.41, 5.74) is 1.57. The van der Waals surface area contributed by atoms with Crippen molar-refractivity contribution in [1.29, 1.82) is 0 Å². The summed E-state index contributed by atoms with van der Waals surface area (Å²) in [7, 11) is 1.57. The van der Waals surface area contributed by atoms with Crippen molar-refractivity contribution >= 4 is 22.8 Å². The van der Waals surface area contributed by atoms with Gasteiger partial charge in [0.15, 0.2) is 17.1 Å². The second kappa shape index (κ2) is 7.72. The Morgan fingerprint density at radius 3 is 2.45 bits per heavy atom. The van der Waals surface area contributed by atoms with Crippen molar-refractivity contribution in [3.63, 3.8) is 0 Å². The molecule has 7 heteroatoms. The normalized spacial score (nSPS) is 20.7. The molecular formula is C24H23FN2O4. The standard InChI is InChI=1S/C24H23FN2O4/c1-30-20-4-2-3-16-13-21(31-22(16)20)24(29)27-11-9-26(10-12-27)23(28)19-14-18(19)15-5-7-17(25)8-6-15/h2-8,13,18-19H,9-12,14H2,1H3/t18-,19-/m1/s1. The quantitative estimate of drug-likeness (QED) is 0.644. The number of benzene rings is 2. The number of ether oxygens (including phenoxy) is 1. The van der Waals surface area contributed by atoms with Gasteiger partial charge in [-0.2, -0.15) is 0 Å². The molecule has 0 N–H and O–H groups in total. The smallest absolute Gasteiger partial charge is 0.289 e. The van der Waals surface area contributed by atoms with Crippen molar-refractivity contribution in [2.75, 3.05) is 33.3 Å². The molecule has 0 spiro atoms. The predicted molar refractivity (Wildman–Crippen MR) is 112 cm³/mol. The number of fused-ring (bicyclic) bond motifs is 1. The maximum Gasteiger partial charge on any atom is 0.289 e. The van der Waals surface area contributed by atoms with Crippen LogP contribution in [0.4, 0.5) is 4.39 Å². The first-order valence-corrected chi connectivity index (χ1v) is 10.4. The van der Waals surface area contributed by atoms with Crippen LogP contribution in [0.25, 0.3) is 11.0 Å². The largest absolute Gasteiger partial charge is 0.493 e. The van der Waals surface area contributed by atoms with Crippen molar-refractivity contribution in [3.8, 4) is 5.75 Å². The SMILES string of the molecule is COc1cccc2cc(C(=O)N3CCN(C(=O)[C@@H]4C[C@@H]4c4ccc(F)cc4)CC3)oc12. The molecule has 31 heavy (non-hydrogen) atoms. The van der Waals surface area contributed by atoms with E-state index in [-0.39, 0.29) is 35.2 Å². The number of halogens is 1. The summed E-state index contributed by atoms with van der Waals surface area (Å²) in [5, 5.41) is 0.817. The van der Waals surface area contributed by atoms with Gasteiger partial charge in [-0.05, 0) is 42.2 Å². The Morgan fingerprint density at radius 2 is 1.74 bits per heavy atom. The van der Waals surface area contributed by atoms with Gasteiger partial charge >= 0.3 is 0 Å². The van der Waals surface area contributed by atoms with E-state index in [0.717, 1.165) is 17.4 Å². The molecule has 2 atom stereocenters. The van der Waals surface area contributed by atoms with Gasteiger partial charge in [-0.3, -0.25) is 9.59 Å². The minimum atomic E-state index is -0.268. The van der Waals surface area contributed by atoms with E-state index >= 15 is 0 Å². The molecule has 1 saturated carbocycles. The fourth-order valence-electron chi connectivity index (χ4n) is 4.37. The summed E-state index contributed by atoms with van der Waals surface area (Å²) in [6.45, 7) is 1.93. The first kappa shape index (κ1) is 19.6. The number of hydrogen-bond donors (Lipinski definition) is 0. The Bertz CT molecular complexity index is 1130. The predicted octanol–water partition coefficient (Wildman–Crippen LogP) is 3.67. The van der Waals surface area contributed by atoms with Crippen molar-refractivity contribution in [3.05, 3.63) is 65.7 Å². The van der Waals surface area contributed by atoms with E-state index in [1.807, 2.05) is 17.0 Å². The molecule has 1 aliphatic heterocycles. The molecule has 1 aliphatic carbocycles. The molecule has 2 fully saturated rings. The third-order valence-electron chi connectivity index (χ3n) is 6.22. The Balaban J connectivity index is 1.20. The van der Waals surface area contributed by atoms with Gasteiger partial charge in [-0.1, -0.05) is 24.3 Å². The zero-order chi connectivity index (χ0) is 21.5. The van der Waals surface area contributed by atoms with Gasteiger partial charge in [0.25, 0.3) is 5.91 Å². The number of methoxy groups -OCH3 is 1. The van der Waals surface area contributed by atoms with E-state index in [2.05, 4.69) is 0 Å². The molecular weight excluding hydrogens is 399 g/mol. The summed E-state index contributed by atoms with van der Waals surface area (Å²) in [6.07, 6.45) is 0.796. The number of rotatable bonds is 4. The minimum absolute atomic E-state index is 0.0458. The molecule has 0 unspecified atom stereocenters. The highest BCUT2D eigenvalue weighted by Crippen LogP contribution is 2.48. The van der Waals surface area contributed by atoms with E-state index in [4.69, 9.17) is 9.15 Å². The first-order chi connectivity index (χ1) is 15.0. The maximum absolute atomic E-state index is 13.1. The van der Waals surface area contributed by atoms with Gasteiger partial charge in [0.05, 0.1) is 7.11 Å². The van der Waals surface area contributed by atoms with E-state index in [1.54, 1.807) is 36.3 Å². The molecule has 2 aromatic carbocycles. The third-order valence-corrected chi connectivity index (χ3v) is 6.22. The molecule has 0 bridgehead atoms. The number of para-hydroxylation sites is 1. The lowest BCUT2D eigenvalue weighted by Crippen LogP contribution is -2.51. The van der Waals surface area contributed by atoms with Crippen molar-refractivity contribution in [1.82, 2.24) is 9.80 Å². The van der Waals surface area contributed by atoms with E-state index < -0.39 is 0 Å². The van der Waals surface area contributed by atoms with Crippen LogP contribution in [0, 0.1) is 11.7 Å². The van der Waals surface area contributed by atoms with Gasteiger partial charge in [0, 0.05) is 37.5 Å². The lowest BCUT2D eigenvalue weighted by atomic mass is 10.1. The molecule has 0 radical (unpaired) electrons. The average Bonchev–Trinajstić information content (AvgIpc) is 3.48. The second-order valence-electron chi connectivity index (χ2n) is 8.11. The van der Waals surface area contributed by atoms with Crippen LogP contribution in [-0.2, 0) is 4.79 Å². The Labute approximate surface area is 179 Å². The zero-order valence-corrected chi connectivity index (χ0v) is 17.2. The van der Waals surface area contributed by atoms with Gasteiger partial charge in [0.2, 0.25) is 5.91 Å². The average molecular weight is 422 g/mol. The van der Waals surface area contributed by atoms with Crippen LogP contribution in [0.3, 0.4) is 0 Å². The highest BCUT2D eigenvalue weighted by Gasteiger charge is 2.46. The number of carbonyl (C=O) groups excluding carboxylic acids is 2. The van der Waals surface area contributed by atoms with Crippen molar-refractivity contribution in [2.24, 2.45) is 5.92 Å². The van der Waals surface area contributed by atoms with Crippen LogP contribution >= 0.6 is 0 Å². The maximum atomic E-state index is 13.1. The van der Waals surface area contributed by atoms with Gasteiger partial charge in [-0.25, -0.2) is 4.39 Å². The van der Waals surface area contributed by atoms with Crippen LogP contribution in [0.5, 0.6) is 5.75 Å². The van der Waals surface area contributed by atoms with Crippen LogP contribution in [0.15, 0.2) is 52.9 Å². The molecule has 5 rings (SSSR count). The molecule has 1 aromatic heterocycles. The number of furan rings is 1. The number of carbonyl (C=O) groups is 2. The molecule has 160 valence electrons. The third kappa shape index (κ3) is 3.65. The number of hydrogen-bond acceptors (Lipinski definition) is 4. The Hall–Kier alpha value is -3.35. The topological polar surface area (TPSA) is 63.0 Å². The fourth-order valence-corrected chi connectivity index (χ4v) is 4.37. The van der Waals surface area contributed by atoms with E-state index in [9.17, 15) is 14.0 Å². The van der Waals surface area contributed by atoms with Crippen molar-refractivity contribution < 1.29 is 23.1 Å². The zero-order valence-electron chi connectivity index (χ0n) is 17.2. The second-order valence-corrected chi connectivity index (χ2v) is 8.11. The number of piperazine rings is 1. The molecule has 3 aromatic rings. The highest BCUT2D eigenvalue weighted by atomic mass is 19.1. The van der Waals surface area contributed by atoms with E-state index in [0.29, 0.717) is 37.5 Å². The summed E-state index contributed by atoms with van der Waals surface area (Å²) < 4.78 is 24.2. The molecule has 6 nitrogen and oxygen atoms in total. The molecule has 2 aliphatic rings. The lowest BCUT2D eigenvalue weighted by molar-refractivity contribution is -0.134. The fraction of sp³-hybridized carbons (Fsp3) is 0.333. The summed E-state index contributed by atoms with van der Waals surface area (Å²) in [4.78, 5) is 29.3. The van der Waals surface area contributed by atoms with Gasteiger partial charge in [-0.15, -0.1) is 0 Å². The van der Waals surface area contributed by atoms with Crippen LogP contribution in [-0.4, -0.2) is 54.9 Å². The lowest BCUT2D eigenvalue weighted by Gasteiger charge is -2.34. The van der Waals surface area contributed by atoms with Crippen LogP contribution in [0.1, 0.15) is 28.5 Å². The monoisotopic (exact) mass is 422 g/mol. The van der Waals surface area contributed by atoms with Gasteiger partial charge < -0.3 is 19.0 Å². The van der Waals surface area contributed by atoms with Crippen LogP contribution < -0.4 is 4.74 Å². The van der Waals surface area contributed by atoms with E-state index in [1.165, 1.54) is 12.1 Å². The first-order valence-electron chi connectivity index (χ1n) is 10.4.